The summed E-state index contributed by atoms with van der Waals surface area (Å²) in [5.41, 5.74) is -1.08. The van der Waals surface area contributed by atoms with E-state index >= 15 is 0 Å². The van der Waals surface area contributed by atoms with Gasteiger partial charge in [-0.2, -0.15) is 13.2 Å². The highest BCUT2D eigenvalue weighted by Gasteiger charge is 2.30. The van der Waals surface area contributed by atoms with Gasteiger partial charge in [-0.05, 0) is 30.3 Å². The Morgan fingerprint density at radius 3 is 2.59 bits per heavy atom. The second-order valence-electron chi connectivity index (χ2n) is 6.05. The highest BCUT2D eigenvalue weighted by atomic mass is 19.4. The molecule has 3 rings (SSSR count). The first kappa shape index (κ1) is 20.2. The second-order valence-corrected chi connectivity index (χ2v) is 6.05. The number of nitrogens with one attached hydrogen (secondary N) is 2. The maximum Gasteiger partial charge on any atom is 0.417 e. The summed E-state index contributed by atoms with van der Waals surface area (Å²) in [5.74, 6) is -0.836. The molecule has 0 fully saturated rings. The second kappa shape index (κ2) is 8.25. The molecular formula is C18H15F4N5O2. The van der Waals surface area contributed by atoms with Gasteiger partial charge >= 0.3 is 6.18 Å². The summed E-state index contributed by atoms with van der Waals surface area (Å²) >= 11 is 0. The van der Waals surface area contributed by atoms with Crippen molar-refractivity contribution in [2.24, 2.45) is 0 Å². The van der Waals surface area contributed by atoms with Crippen LogP contribution in [0.2, 0.25) is 0 Å². The minimum atomic E-state index is -4.46. The number of hydrogen-bond acceptors (Lipinski definition) is 5. The summed E-state index contributed by atoms with van der Waals surface area (Å²) in [7, 11) is 0. The van der Waals surface area contributed by atoms with Crippen LogP contribution in [-0.2, 0) is 17.5 Å². The van der Waals surface area contributed by atoms with E-state index in [0.29, 0.717) is 11.7 Å². The molecule has 0 aliphatic carbocycles. The molecule has 0 saturated carbocycles. The molecule has 0 aliphatic rings. The lowest BCUT2D eigenvalue weighted by molar-refractivity contribution is -0.137. The lowest BCUT2D eigenvalue weighted by Gasteiger charge is -2.10. The van der Waals surface area contributed by atoms with E-state index in [-0.39, 0.29) is 30.8 Å². The predicted molar refractivity (Wildman–Crippen MR) is 96.7 cm³/mol. The lowest BCUT2D eigenvalue weighted by Crippen LogP contribution is -2.35. The van der Waals surface area contributed by atoms with Crippen molar-refractivity contribution in [3.63, 3.8) is 0 Å². The zero-order valence-electron chi connectivity index (χ0n) is 14.8. The number of anilines is 1. The smallest absolute Gasteiger partial charge is 0.368 e. The molecule has 2 N–H and O–H groups in total. The monoisotopic (exact) mass is 409 g/mol. The van der Waals surface area contributed by atoms with Crippen LogP contribution in [-0.4, -0.2) is 33.5 Å². The van der Waals surface area contributed by atoms with Gasteiger partial charge in [-0.15, -0.1) is 0 Å². The van der Waals surface area contributed by atoms with Crippen LogP contribution in [0.4, 0.5) is 23.4 Å². The number of fused-ring (bicyclic) bond motifs is 1. The van der Waals surface area contributed by atoms with Crippen molar-refractivity contribution < 1.29 is 22.4 Å². The summed E-state index contributed by atoms with van der Waals surface area (Å²) in [6.07, 6.45) is -2.55. The van der Waals surface area contributed by atoms with Crippen molar-refractivity contribution in [2.45, 2.75) is 12.7 Å². The van der Waals surface area contributed by atoms with Gasteiger partial charge in [-0.25, -0.2) is 14.4 Å². The van der Waals surface area contributed by atoms with Crippen LogP contribution in [0.25, 0.3) is 10.9 Å². The molecule has 11 heteroatoms. The molecule has 2 heterocycles. The summed E-state index contributed by atoms with van der Waals surface area (Å²) in [4.78, 5) is 32.0. The molecule has 0 saturated heterocycles. The Hall–Kier alpha value is -3.50. The Labute approximate surface area is 161 Å². The van der Waals surface area contributed by atoms with Crippen molar-refractivity contribution in [1.82, 2.24) is 19.9 Å². The first-order chi connectivity index (χ1) is 13.7. The van der Waals surface area contributed by atoms with Crippen LogP contribution in [0, 0.1) is 5.82 Å². The highest BCUT2D eigenvalue weighted by molar-refractivity contribution is 5.79. The molecule has 3 aromatic rings. The van der Waals surface area contributed by atoms with Gasteiger partial charge in [0.25, 0.3) is 5.56 Å². The molecule has 1 aromatic carbocycles. The van der Waals surface area contributed by atoms with Gasteiger partial charge in [0.05, 0.1) is 22.8 Å². The Kier molecular flexibility index (Phi) is 5.76. The fraction of sp³-hybridized carbons (Fsp3) is 0.222. The van der Waals surface area contributed by atoms with E-state index in [1.165, 1.54) is 24.5 Å². The van der Waals surface area contributed by atoms with Crippen LogP contribution >= 0.6 is 0 Å². The molecule has 2 aromatic heterocycles. The van der Waals surface area contributed by atoms with E-state index in [0.717, 1.165) is 16.7 Å². The van der Waals surface area contributed by atoms with Crippen molar-refractivity contribution in [2.75, 3.05) is 18.4 Å². The van der Waals surface area contributed by atoms with Crippen molar-refractivity contribution >= 4 is 22.6 Å². The van der Waals surface area contributed by atoms with Gasteiger partial charge < -0.3 is 10.6 Å². The Morgan fingerprint density at radius 2 is 1.90 bits per heavy atom. The number of rotatable bonds is 6. The standard InChI is InChI=1S/C18H15F4N5O2/c19-12-2-3-14-13(7-12)17(29)27(10-26-14)9-16(28)24-6-5-23-15-4-1-11(8-25-15)18(20,21)22/h1-4,7-8,10H,5-6,9H2,(H,23,25)(H,24,28). The van der Waals surface area contributed by atoms with Gasteiger partial charge in [0.2, 0.25) is 5.91 Å². The lowest BCUT2D eigenvalue weighted by atomic mass is 10.2. The SMILES string of the molecule is O=C(Cn1cnc2ccc(F)cc2c1=O)NCCNc1ccc(C(F)(F)F)cn1. The van der Waals surface area contributed by atoms with E-state index in [2.05, 4.69) is 20.6 Å². The third kappa shape index (κ3) is 5.06. The first-order valence-corrected chi connectivity index (χ1v) is 8.42. The molecule has 7 nitrogen and oxygen atoms in total. The van der Waals surface area contributed by atoms with E-state index in [4.69, 9.17) is 0 Å². The van der Waals surface area contributed by atoms with Crippen LogP contribution in [0.1, 0.15) is 5.56 Å². The minimum absolute atomic E-state index is 0.0651. The summed E-state index contributed by atoms with van der Waals surface area (Å²) < 4.78 is 51.8. The summed E-state index contributed by atoms with van der Waals surface area (Å²) in [6.45, 7) is 0.0446. The molecule has 29 heavy (non-hydrogen) atoms. The molecule has 0 spiro atoms. The number of halogens is 4. The third-order valence-corrected chi connectivity index (χ3v) is 3.94. The number of benzene rings is 1. The average Bonchev–Trinajstić information content (AvgIpc) is 2.67. The first-order valence-electron chi connectivity index (χ1n) is 8.42. The highest BCUT2D eigenvalue weighted by Crippen LogP contribution is 2.28. The van der Waals surface area contributed by atoms with Crippen molar-refractivity contribution in [1.29, 1.82) is 0 Å². The van der Waals surface area contributed by atoms with Gasteiger partial charge in [0, 0.05) is 19.3 Å². The Balaban J connectivity index is 1.51. The topological polar surface area (TPSA) is 88.9 Å². The number of amides is 1. The normalized spacial score (nSPS) is 11.4. The number of carbonyl (C=O) groups excluding carboxylic acids is 1. The van der Waals surface area contributed by atoms with Crippen molar-refractivity contribution in [3.05, 3.63) is 64.6 Å². The number of aromatic nitrogens is 3. The van der Waals surface area contributed by atoms with Crippen LogP contribution in [0.5, 0.6) is 0 Å². The van der Waals surface area contributed by atoms with Crippen LogP contribution in [0.15, 0.2) is 47.7 Å². The molecule has 0 radical (unpaired) electrons. The number of pyridine rings is 1. The number of hydrogen-bond donors (Lipinski definition) is 2. The average molecular weight is 409 g/mol. The van der Waals surface area contributed by atoms with Crippen molar-refractivity contribution in [3.8, 4) is 0 Å². The number of nitrogens with zero attached hydrogens (tertiary/aromatic N) is 3. The van der Waals surface area contributed by atoms with Crippen LogP contribution < -0.4 is 16.2 Å². The van der Waals surface area contributed by atoms with E-state index < -0.39 is 29.0 Å². The van der Waals surface area contributed by atoms with E-state index in [9.17, 15) is 27.2 Å². The predicted octanol–water partition coefficient (Wildman–Crippen LogP) is 2.18. The van der Waals surface area contributed by atoms with Crippen LogP contribution in [0.3, 0.4) is 0 Å². The summed E-state index contributed by atoms with van der Waals surface area (Å²) in [6, 6.07) is 5.70. The molecular weight excluding hydrogens is 394 g/mol. The minimum Gasteiger partial charge on any atom is -0.368 e. The number of carbonyl (C=O) groups is 1. The zero-order chi connectivity index (χ0) is 21.0. The molecule has 0 atom stereocenters. The molecule has 0 bridgehead atoms. The maximum atomic E-state index is 13.3. The molecule has 0 aliphatic heterocycles. The Morgan fingerprint density at radius 1 is 1.10 bits per heavy atom. The maximum absolute atomic E-state index is 13.3. The fourth-order valence-corrected chi connectivity index (χ4v) is 2.51. The van der Waals surface area contributed by atoms with E-state index in [1.807, 2.05) is 0 Å². The zero-order valence-corrected chi connectivity index (χ0v) is 14.8. The van der Waals surface area contributed by atoms with Gasteiger partial charge in [-0.3, -0.25) is 14.2 Å². The summed E-state index contributed by atoms with van der Waals surface area (Å²) in [5, 5.41) is 5.39. The Bertz CT molecular complexity index is 1080. The van der Waals surface area contributed by atoms with E-state index in [1.54, 1.807) is 0 Å². The number of alkyl halides is 3. The fourth-order valence-electron chi connectivity index (χ4n) is 2.51. The third-order valence-electron chi connectivity index (χ3n) is 3.94. The van der Waals surface area contributed by atoms with Gasteiger partial charge in [0.15, 0.2) is 0 Å². The quantitative estimate of drug-likeness (QED) is 0.481. The largest absolute Gasteiger partial charge is 0.417 e. The van der Waals surface area contributed by atoms with Gasteiger partial charge in [0.1, 0.15) is 18.2 Å². The molecule has 1 amide bonds. The molecule has 0 unspecified atom stereocenters. The van der Waals surface area contributed by atoms with Gasteiger partial charge in [-0.1, -0.05) is 0 Å². The molecule has 152 valence electrons.